The molecule has 2 heteroatoms. The van der Waals surface area contributed by atoms with Crippen LogP contribution in [0.4, 0.5) is 0 Å². The first-order valence-electron chi connectivity index (χ1n) is 2.42. The van der Waals surface area contributed by atoms with E-state index in [-0.39, 0.29) is 0 Å². The fraction of sp³-hybridized carbons (Fsp3) is 0.333. The van der Waals surface area contributed by atoms with Gasteiger partial charge >= 0.3 is 69.5 Å². The van der Waals surface area contributed by atoms with Crippen LogP contribution in [0.1, 0.15) is 8.87 Å². The van der Waals surface area contributed by atoms with Crippen LogP contribution in [0.15, 0.2) is 6.07 Å². The van der Waals surface area contributed by atoms with E-state index in [0.29, 0.717) is 14.5 Å². The number of halogens is 1. The molecule has 0 aromatic carbocycles. The first-order valence-corrected chi connectivity index (χ1v) is 5.22. The molecule has 1 rings (SSSR count). The first-order chi connectivity index (χ1) is 3.70. The standard InChI is InChI=1S/C6H7ISe/c1-4-3-6(7)5(2)8-4/h3H,1-2H3. The Morgan fingerprint density at radius 1 is 1.50 bits per heavy atom. The van der Waals surface area contributed by atoms with Crippen LogP contribution in [0.2, 0.25) is 0 Å². The van der Waals surface area contributed by atoms with Crippen molar-refractivity contribution >= 4 is 37.1 Å². The Morgan fingerprint density at radius 2 is 2.12 bits per heavy atom. The Labute approximate surface area is 69.2 Å². The van der Waals surface area contributed by atoms with Gasteiger partial charge in [-0.1, -0.05) is 0 Å². The van der Waals surface area contributed by atoms with Crippen LogP contribution in [0.5, 0.6) is 0 Å². The quantitative estimate of drug-likeness (QED) is 0.505. The Bertz CT molecular complexity index is 171. The van der Waals surface area contributed by atoms with E-state index in [9.17, 15) is 0 Å². The Morgan fingerprint density at radius 3 is 2.25 bits per heavy atom. The molecular weight excluding hydrogens is 278 g/mol. The molecule has 0 atom stereocenters. The van der Waals surface area contributed by atoms with Gasteiger partial charge in [0.05, 0.1) is 0 Å². The minimum atomic E-state index is 0.691. The van der Waals surface area contributed by atoms with E-state index < -0.39 is 0 Å². The summed E-state index contributed by atoms with van der Waals surface area (Å²) in [5.74, 6) is 0. The second kappa shape index (κ2) is 2.54. The molecule has 0 unspecified atom stereocenters. The Kier molecular flexibility index (Phi) is 2.18. The summed E-state index contributed by atoms with van der Waals surface area (Å²) in [6.45, 7) is 4.42. The van der Waals surface area contributed by atoms with Crippen molar-refractivity contribution in [2.24, 2.45) is 0 Å². The van der Waals surface area contributed by atoms with Crippen LogP contribution in [0, 0.1) is 17.4 Å². The van der Waals surface area contributed by atoms with Gasteiger partial charge in [-0.15, -0.1) is 0 Å². The molecule has 1 heterocycles. The van der Waals surface area contributed by atoms with Crippen LogP contribution in [-0.2, 0) is 0 Å². The van der Waals surface area contributed by atoms with Gasteiger partial charge in [-0.05, 0) is 0 Å². The van der Waals surface area contributed by atoms with Gasteiger partial charge in [-0.2, -0.15) is 0 Å². The van der Waals surface area contributed by atoms with Crippen molar-refractivity contribution in [2.75, 3.05) is 0 Å². The van der Waals surface area contributed by atoms with Crippen molar-refractivity contribution in [3.8, 4) is 0 Å². The second-order valence-electron chi connectivity index (χ2n) is 1.76. The third-order valence-electron chi connectivity index (χ3n) is 0.980. The molecule has 0 nitrogen and oxygen atoms in total. The van der Waals surface area contributed by atoms with Gasteiger partial charge in [0.25, 0.3) is 0 Å². The molecule has 0 aliphatic rings. The molecule has 0 N–H and O–H groups in total. The molecule has 0 aliphatic heterocycles. The molecule has 1 aromatic heterocycles. The SMILES string of the molecule is Cc1cc(I)c(C)[se]1. The molecule has 1 aromatic rings. The third-order valence-corrected chi connectivity index (χ3v) is 4.95. The van der Waals surface area contributed by atoms with Gasteiger partial charge in [-0.3, -0.25) is 0 Å². The van der Waals surface area contributed by atoms with Gasteiger partial charge in [0.1, 0.15) is 0 Å². The number of rotatable bonds is 0. The number of aryl methyl sites for hydroxylation is 2. The first kappa shape index (κ1) is 6.84. The van der Waals surface area contributed by atoms with Crippen molar-refractivity contribution in [1.82, 2.24) is 0 Å². The van der Waals surface area contributed by atoms with Crippen LogP contribution in [0.25, 0.3) is 0 Å². The molecule has 0 saturated heterocycles. The average Bonchev–Trinajstić information content (AvgIpc) is 1.85. The van der Waals surface area contributed by atoms with Gasteiger partial charge in [-0.25, -0.2) is 0 Å². The predicted molar refractivity (Wildman–Crippen MR) is 45.6 cm³/mol. The zero-order valence-corrected chi connectivity index (χ0v) is 8.73. The van der Waals surface area contributed by atoms with Crippen LogP contribution >= 0.6 is 22.6 Å². The zero-order valence-electron chi connectivity index (χ0n) is 4.86. The summed E-state index contributed by atoms with van der Waals surface area (Å²) in [7, 11) is 0. The van der Waals surface area contributed by atoms with Crippen molar-refractivity contribution in [3.63, 3.8) is 0 Å². The summed E-state index contributed by atoms with van der Waals surface area (Å²) in [5.41, 5.74) is 0. The van der Waals surface area contributed by atoms with Gasteiger partial charge < -0.3 is 0 Å². The molecule has 0 spiro atoms. The second-order valence-corrected chi connectivity index (χ2v) is 5.99. The van der Waals surface area contributed by atoms with Crippen LogP contribution in [0.3, 0.4) is 0 Å². The van der Waals surface area contributed by atoms with Gasteiger partial charge in [0.2, 0.25) is 0 Å². The molecule has 8 heavy (non-hydrogen) atoms. The fourth-order valence-corrected chi connectivity index (χ4v) is 3.83. The zero-order chi connectivity index (χ0) is 6.15. The van der Waals surface area contributed by atoms with Crippen molar-refractivity contribution in [1.29, 1.82) is 0 Å². The minimum absolute atomic E-state index is 0.691. The van der Waals surface area contributed by atoms with Crippen molar-refractivity contribution < 1.29 is 0 Å². The van der Waals surface area contributed by atoms with Crippen LogP contribution < -0.4 is 0 Å². The molecular formula is C6H7ISe. The van der Waals surface area contributed by atoms with E-state index >= 15 is 0 Å². The summed E-state index contributed by atoms with van der Waals surface area (Å²) in [6.07, 6.45) is 0. The third kappa shape index (κ3) is 1.36. The Hall–Kier alpha value is 0.729. The summed E-state index contributed by atoms with van der Waals surface area (Å²) in [5, 5.41) is 0. The van der Waals surface area contributed by atoms with Gasteiger partial charge in [0, 0.05) is 0 Å². The van der Waals surface area contributed by atoms with E-state index in [1.54, 1.807) is 8.87 Å². The summed E-state index contributed by atoms with van der Waals surface area (Å²) >= 11 is 3.08. The van der Waals surface area contributed by atoms with Crippen molar-refractivity contribution in [3.05, 3.63) is 18.5 Å². The number of hydrogen-bond acceptors (Lipinski definition) is 0. The normalized spacial score (nSPS) is 9.88. The fourth-order valence-electron chi connectivity index (χ4n) is 0.600. The van der Waals surface area contributed by atoms with E-state index in [2.05, 4.69) is 42.5 Å². The van der Waals surface area contributed by atoms with Crippen LogP contribution in [-0.4, -0.2) is 14.5 Å². The monoisotopic (exact) mass is 286 g/mol. The molecule has 0 saturated carbocycles. The van der Waals surface area contributed by atoms with Gasteiger partial charge in [0.15, 0.2) is 0 Å². The summed E-state index contributed by atoms with van der Waals surface area (Å²) < 4.78 is 4.59. The molecule has 44 valence electrons. The maximum atomic E-state index is 2.39. The predicted octanol–water partition coefficient (Wildman–Crippen LogP) is 1.97. The van der Waals surface area contributed by atoms with E-state index in [1.165, 1.54) is 3.57 Å². The molecule has 0 fully saturated rings. The number of hydrogen-bond donors (Lipinski definition) is 0. The molecule has 0 aliphatic carbocycles. The topological polar surface area (TPSA) is 0 Å². The summed E-state index contributed by atoms with van der Waals surface area (Å²) in [6, 6.07) is 2.27. The van der Waals surface area contributed by atoms with E-state index in [1.807, 2.05) is 0 Å². The van der Waals surface area contributed by atoms with Crippen molar-refractivity contribution in [2.45, 2.75) is 13.8 Å². The molecule has 0 radical (unpaired) electrons. The average molecular weight is 285 g/mol. The maximum absolute atomic E-state index is 2.39. The molecule has 0 bridgehead atoms. The van der Waals surface area contributed by atoms with E-state index in [0.717, 1.165) is 0 Å². The Balaban J connectivity index is 3.14. The summed E-state index contributed by atoms with van der Waals surface area (Å²) in [4.78, 5) is 0. The van der Waals surface area contributed by atoms with E-state index in [4.69, 9.17) is 0 Å². The molecule has 0 amide bonds.